The first-order valence-electron chi connectivity index (χ1n) is 6.76. The van der Waals surface area contributed by atoms with Gasteiger partial charge in [-0.25, -0.2) is 0 Å². The molecule has 2 rings (SSSR count). The lowest BCUT2D eigenvalue weighted by molar-refractivity contribution is -0.137. The zero-order valence-electron chi connectivity index (χ0n) is 12.3. The molecule has 0 aliphatic rings. The fourth-order valence-corrected chi connectivity index (χ4v) is 2.38. The van der Waals surface area contributed by atoms with Crippen LogP contribution >= 0.6 is 23.2 Å². The lowest BCUT2D eigenvalue weighted by Crippen LogP contribution is -2.30. The molecule has 2 aromatic rings. The van der Waals surface area contributed by atoms with Crippen molar-refractivity contribution in [2.75, 3.05) is 5.32 Å². The highest BCUT2D eigenvalue weighted by molar-refractivity contribution is 6.35. The summed E-state index contributed by atoms with van der Waals surface area (Å²) in [6, 6.07) is 8.62. The van der Waals surface area contributed by atoms with Crippen molar-refractivity contribution >= 4 is 34.8 Å². The van der Waals surface area contributed by atoms with Crippen LogP contribution in [0.25, 0.3) is 0 Å². The second kappa shape index (κ2) is 7.32. The number of ether oxygens (including phenoxy) is 1. The van der Waals surface area contributed by atoms with E-state index in [1.165, 1.54) is 25.1 Å². The van der Waals surface area contributed by atoms with E-state index in [4.69, 9.17) is 27.9 Å². The highest BCUT2D eigenvalue weighted by atomic mass is 35.5. The van der Waals surface area contributed by atoms with Gasteiger partial charge in [0.05, 0.1) is 5.56 Å². The Hall–Kier alpha value is -1.92. The Bertz CT molecular complexity index is 713. The summed E-state index contributed by atoms with van der Waals surface area (Å²) in [5.41, 5.74) is -0.402. The highest BCUT2D eigenvalue weighted by Gasteiger charge is 2.30. The van der Waals surface area contributed by atoms with Crippen molar-refractivity contribution < 1.29 is 22.7 Å². The molecule has 0 saturated carbocycles. The monoisotopic (exact) mass is 377 g/mol. The molecule has 0 fully saturated rings. The predicted octanol–water partition coefficient (Wildman–Crippen LogP) is 5.42. The minimum Gasteiger partial charge on any atom is -0.481 e. The molecule has 0 saturated heterocycles. The molecule has 128 valence electrons. The van der Waals surface area contributed by atoms with Crippen molar-refractivity contribution in [3.63, 3.8) is 0 Å². The van der Waals surface area contributed by atoms with Crippen molar-refractivity contribution in [1.82, 2.24) is 0 Å². The van der Waals surface area contributed by atoms with Crippen LogP contribution in [-0.2, 0) is 11.0 Å². The minimum atomic E-state index is -4.42. The molecule has 3 nitrogen and oxygen atoms in total. The Morgan fingerprint density at radius 3 is 2.12 bits per heavy atom. The Morgan fingerprint density at radius 2 is 1.62 bits per heavy atom. The van der Waals surface area contributed by atoms with Gasteiger partial charge in [-0.15, -0.1) is 0 Å². The molecule has 2 aromatic carbocycles. The third-order valence-electron chi connectivity index (χ3n) is 2.99. The van der Waals surface area contributed by atoms with E-state index in [1.807, 2.05) is 0 Å². The Labute approximate surface area is 146 Å². The zero-order chi connectivity index (χ0) is 17.9. The molecule has 0 aliphatic carbocycles. The van der Waals surface area contributed by atoms with Gasteiger partial charge in [0, 0.05) is 15.7 Å². The largest absolute Gasteiger partial charge is 0.481 e. The highest BCUT2D eigenvalue weighted by Crippen LogP contribution is 2.30. The number of carbonyl (C=O) groups excluding carboxylic acids is 1. The second-order valence-electron chi connectivity index (χ2n) is 4.93. The predicted molar refractivity (Wildman–Crippen MR) is 86.6 cm³/mol. The molecule has 0 spiro atoms. The molecule has 1 N–H and O–H groups in total. The molecular weight excluding hydrogens is 366 g/mol. The summed E-state index contributed by atoms with van der Waals surface area (Å²) in [5.74, 6) is -0.344. The Morgan fingerprint density at radius 1 is 1.08 bits per heavy atom. The molecule has 24 heavy (non-hydrogen) atoms. The first kappa shape index (κ1) is 18.4. The molecule has 8 heteroatoms. The van der Waals surface area contributed by atoms with Crippen LogP contribution in [0.1, 0.15) is 12.5 Å². The van der Waals surface area contributed by atoms with E-state index in [-0.39, 0.29) is 5.75 Å². The van der Waals surface area contributed by atoms with Crippen molar-refractivity contribution in [3.8, 4) is 5.75 Å². The molecular formula is C16H12Cl2F3NO2. The third kappa shape index (κ3) is 5.04. The normalized spacial score (nSPS) is 12.6. The van der Waals surface area contributed by atoms with Gasteiger partial charge in [0.2, 0.25) is 0 Å². The Balaban J connectivity index is 2.01. The Kier molecular flexibility index (Phi) is 5.62. The zero-order valence-corrected chi connectivity index (χ0v) is 13.8. The standard InChI is InChI=1S/C16H12Cl2F3NO2/c1-9(15(23)22-13-7-11(17)6-12(18)8-13)24-14-4-2-10(3-5-14)16(19,20)21/h2-9H,1H3,(H,22,23)/t9-/m0/s1. The number of rotatable bonds is 4. The topological polar surface area (TPSA) is 38.3 Å². The fraction of sp³-hybridized carbons (Fsp3) is 0.188. The summed E-state index contributed by atoms with van der Waals surface area (Å²) >= 11 is 11.7. The van der Waals surface area contributed by atoms with Crippen LogP contribution in [0.4, 0.5) is 18.9 Å². The summed E-state index contributed by atoms with van der Waals surface area (Å²) in [6.45, 7) is 1.47. The van der Waals surface area contributed by atoms with Crippen LogP contribution in [0.2, 0.25) is 10.0 Å². The lowest BCUT2D eigenvalue weighted by atomic mass is 10.2. The number of anilines is 1. The van der Waals surface area contributed by atoms with E-state index in [2.05, 4.69) is 5.32 Å². The van der Waals surface area contributed by atoms with Gasteiger partial charge in [-0.05, 0) is 49.4 Å². The van der Waals surface area contributed by atoms with E-state index in [0.717, 1.165) is 24.3 Å². The number of benzene rings is 2. The van der Waals surface area contributed by atoms with Crippen LogP contribution in [0.15, 0.2) is 42.5 Å². The van der Waals surface area contributed by atoms with E-state index in [1.54, 1.807) is 0 Å². The average molecular weight is 378 g/mol. The molecule has 0 radical (unpaired) electrons. The second-order valence-corrected chi connectivity index (χ2v) is 5.80. The van der Waals surface area contributed by atoms with Crippen molar-refractivity contribution in [2.45, 2.75) is 19.2 Å². The molecule has 0 unspecified atom stereocenters. The SMILES string of the molecule is C[C@H](Oc1ccc(C(F)(F)F)cc1)C(=O)Nc1cc(Cl)cc(Cl)c1. The maximum absolute atomic E-state index is 12.5. The molecule has 1 atom stereocenters. The number of hydrogen-bond acceptors (Lipinski definition) is 2. The number of alkyl halides is 3. The van der Waals surface area contributed by atoms with Crippen LogP contribution < -0.4 is 10.1 Å². The van der Waals surface area contributed by atoms with Crippen LogP contribution in [0, 0.1) is 0 Å². The van der Waals surface area contributed by atoms with Crippen molar-refractivity contribution in [3.05, 3.63) is 58.1 Å². The summed E-state index contributed by atoms with van der Waals surface area (Å²) in [5, 5.41) is 3.28. The lowest BCUT2D eigenvalue weighted by Gasteiger charge is -2.15. The quantitative estimate of drug-likeness (QED) is 0.772. The van der Waals surface area contributed by atoms with Gasteiger partial charge < -0.3 is 10.1 Å². The first-order valence-corrected chi connectivity index (χ1v) is 7.51. The van der Waals surface area contributed by atoms with E-state index in [0.29, 0.717) is 15.7 Å². The summed E-state index contributed by atoms with van der Waals surface area (Å²) in [6.07, 6.45) is -5.35. The van der Waals surface area contributed by atoms with Gasteiger partial charge in [-0.1, -0.05) is 23.2 Å². The van der Waals surface area contributed by atoms with Gasteiger partial charge >= 0.3 is 6.18 Å². The number of hydrogen-bond donors (Lipinski definition) is 1. The number of amides is 1. The van der Waals surface area contributed by atoms with E-state index >= 15 is 0 Å². The summed E-state index contributed by atoms with van der Waals surface area (Å²) in [7, 11) is 0. The van der Waals surface area contributed by atoms with Gasteiger partial charge in [0.1, 0.15) is 5.75 Å². The maximum atomic E-state index is 12.5. The molecule has 0 bridgehead atoms. The fourth-order valence-electron chi connectivity index (χ4n) is 1.85. The summed E-state index contributed by atoms with van der Waals surface area (Å²) in [4.78, 5) is 12.1. The maximum Gasteiger partial charge on any atom is 0.416 e. The molecule has 0 aromatic heterocycles. The van der Waals surface area contributed by atoms with Crippen LogP contribution in [0.5, 0.6) is 5.75 Å². The van der Waals surface area contributed by atoms with E-state index < -0.39 is 23.8 Å². The molecule has 0 aliphatic heterocycles. The van der Waals surface area contributed by atoms with Gasteiger partial charge in [-0.2, -0.15) is 13.2 Å². The van der Waals surface area contributed by atoms with Gasteiger partial charge in [-0.3, -0.25) is 4.79 Å². The van der Waals surface area contributed by atoms with Gasteiger partial charge in [0.25, 0.3) is 5.91 Å². The number of carbonyl (C=O) groups is 1. The minimum absolute atomic E-state index is 0.148. The average Bonchev–Trinajstić information content (AvgIpc) is 2.45. The first-order chi connectivity index (χ1) is 11.1. The van der Waals surface area contributed by atoms with Crippen LogP contribution in [-0.4, -0.2) is 12.0 Å². The smallest absolute Gasteiger partial charge is 0.416 e. The summed E-state index contributed by atoms with van der Waals surface area (Å²) < 4.78 is 42.8. The van der Waals surface area contributed by atoms with Crippen molar-refractivity contribution in [2.24, 2.45) is 0 Å². The number of halogens is 5. The van der Waals surface area contributed by atoms with Crippen LogP contribution in [0.3, 0.4) is 0 Å². The van der Waals surface area contributed by atoms with Crippen molar-refractivity contribution in [1.29, 1.82) is 0 Å². The third-order valence-corrected chi connectivity index (χ3v) is 3.43. The van der Waals surface area contributed by atoms with Gasteiger partial charge in [0.15, 0.2) is 6.10 Å². The molecule has 0 heterocycles. The molecule has 1 amide bonds. The van der Waals surface area contributed by atoms with E-state index in [9.17, 15) is 18.0 Å². The number of nitrogens with one attached hydrogen (secondary N) is 1.